The van der Waals surface area contributed by atoms with E-state index in [0.717, 1.165) is 35.0 Å². The predicted octanol–water partition coefficient (Wildman–Crippen LogP) is 3.68. The minimum absolute atomic E-state index is 0.0971. The molecule has 1 aliphatic carbocycles. The van der Waals surface area contributed by atoms with Crippen LogP contribution in [0.25, 0.3) is 5.69 Å². The van der Waals surface area contributed by atoms with Gasteiger partial charge in [0.25, 0.3) is 0 Å². The third kappa shape index (κ3) is 3.28. The van der Waals surface area contributed by atoms with Crippen LogP contribution < -0.4 is 5.32 Å². The van der Waals surface area contributed by atoms with Crippen molar-refractivity contribution in [2.24, 2.45) is 7.05 Å². The van der Waals surface area contributed by atoms with Gasteiger partial charge in [-0.15, -0.1) is 0 Å². The van der Waals surface area contributed by atoms with E-state index in [1.165, 1.54) is 30.5 Å². The molecule has 0 saturated heterocycles. The number of rotatable bonds is 3. The average molecular weight is 389 g/mol. The van der Waals surface area contributed by atoms with Crippen molar-refractivity contribution < 1.29 is 18.0 Å². The lowest BCUT2D eigenvalue weighted by Crippen LogP contribution is -2.25. The zero-order chi connectivity index (χ0) is 19.9. The van der Waals surface area contributed by atoms with Crippen LogP contribution in [0.3, 0.4) is 0 Å². The molecule has 4 rings (SSSR count). The number of para-hydroxylation sites is 1. The molecule has 0 aliphatic heterocycles. The summed E-state index contributed by atoms with van der Waals surface area (Å²) in [5, 5.41) is 6.82. The van der Waals surface area contributed by atoms with E-state index in [4.69, 9.17) is 0 Å². The molecule has 1 aromatic carbocycles. The molecule has 2 aromatic heterocycles. The number of hydrogen-bond acceptors (Lipinski definition) is 3. The second-order valence-corrected chi connectivity index (χ2v) is 6.78. The van der Waals surface area contributed by atoms with Crippen LogP contribution in [0.2, 0.25) is 0 Å². The normalized spacial score (nSPS) is 16.6. The number of nitrogens with zero attached hydrogens (tertiary/aromatic N) is 4. The molecule has 0 fully saturated rings. The van der Waals surface area contributed by atoms with Crippen molar-refractivity contribution in [3.05, 3.63) is 59.8 Å². The molecular weight excluding hydrogens is 371 g/mol. The van der Waals surface area contributed by atoms with Gasteiger partial charge in [-0.1, -0.05) is 12.1 Å². The Morgan fingerprint density at radius 2 is 2.04 bits per heavy atom. The number of imidazole rings is 1. The zero-order valence-electron chi connectivity index (χ0n) is 15.1. The molecule has 28 heavy (non-hydrogen) atoms. The van der Waals surface area contributed by atoms with Gasteiger partial charge in [-0.25, -0.2) is 9.67 Å². The maximum Gasteiger partial charge on any atom is 0.418 e. The number of alkyl halides is 3. The lowest BCUT2D eigenvalue weighted by atomic mass is 9.89. The Labute approximate surface area is 159 Å². The molecule has 1 aliphatic rings. The summed E-state index contributed by atoms with van der Waals surface area (Å²) in [5.74, 6) is -0.448. The first kappa shape index (κ1) is 18.3. The van der Waals surface area contributed by atoms with Crippen molar-refractivity contribution in [1.29, 1.82) is 0 Å². The molecule has 0 radical (unpaired) electrons. The van der Waals surface area contributed by atoms with Crippen LogP contribution in [0.15, 0.2) is 42.9 Å². The van der Waals surface area contributed by atoms with Gasteiger partial charge in [-0.2, -0.15) is 18.3 Å². The first-order valence-electron chi connectivity index (χ1n) is 8.88. The SMILES string of the molecule is Cn1cnc2c1CCCC2C(=O)Nc1ccn(-c2ccccc2C(F)(F)F)n1. The summed E-state index contributed by atoms with van der Waals surface area (Å²) < 4.78 is 42.7. The summed E-state index contributed by atoms with van der Waals surface area (Å²) >= 11 is 0. The number of aromatic nitrogens is 4. The Bertz CT molecular complexity index is 1020. The highest BCUT2D eigenvalue weighted by atomic mass is 19.4. The first-order chi connectivity index (χ1) is 13.3. The highest BCUT2D eigenvalue weighted by Gasteiger charge is 2.34. The number of hydrogen-bond donors (Lipinski definition) is 1. The van der Waals surface area contributed by atoms with Gasteiger partial charge in [-0.3, -0.25) is 4.79 Å². The van der Waals surface area contributed by atoms with Crippen LogP contribution >= 0.6 is 0 Å². The highest BCUT2D eigenvalue weighted by Crippen LogP contribution is 2.34. The molecule has 146 valence electrons. The van der Waals surface area contributed by atoms with E-state index < -0.39 is 17.7 Å². The van der Waals surface area contributed by atoms with E-state index in [-0.39, 0.29) is 17.4 Å². The number of fused-ring (bicyclic) bond motifs is 1. The Balaban J connectivity index is 1.56. The maximum atomic E-state index is 13.2. The average Bonchev–Trinajstić information content (AvgIpc) is 3.28. The number of halogens is 3. The summed E-state index contributed by atoms with van der Waals surface area (Å²) in [6, 6.07) is 6.65. The fraction of sp³-hybridized carbons (Fsp3) is 0.316. The van der Waals surface area contributed by atoms with Crippen molar-refractivity contribution in [1.82, 2.24) is 19.3 Å². The number of nitrogens with one attached hydrogen (secondary N) is 1. The maximum absolute atomic E-state index is 13.2. The molecular formula is C19H18F3N5O. The molecule has 1 atom stereocenters. The lowest BCUT2D eigenvalue weighted by molar-refractivity contribution is -0.137. The Morgan fingerprint density at radius 1 is 1.25 bits per heavy atom. The van der Waals surface area contributed by atoms with Crippen LogP contribution in [0.1, 0.15) is 35.7 Å². The fourth-order valence-corrected chi connectivity index (χ4v) is 3.59. The number of benzene rings is 1. The second-order valence-electron chi connectivity index (χ2n) is 6.78. The standard InChI is InChI=1S/C19H18F3N5O/c1-26-11-23-17-12(5-4-8-15(17)26)18(28)24-16-9-10-27(25-16)14-7-3-2-6-13(14)19(20,21)22/h2-3,6-7,9-12H,4-5,8H2,1H3,(H,24,25,28). The molecule has 6 nitrogen and oxygen atoms in total. The Hall–Kier alpha value is -3.10. The van der Waals surface area contributed by atoms with E-state index >= 15 is 0 Å². The summed E-state index contributed by atoms with van der Waals surface area (Å²) in [4.78, 5) is 17.1. The van der Waals surface area contributed by atoms with Crippen LogP contribution in [-0.2, 0) is 24.4 Å². The van der Waals surface area contributed by atoms with Gasteiger partial charge >= 0.3 is 6.18 Å². The largest absolute Gasteiger partial charge is 0.418 e. The molecule has 3 aromatic rings. The minimum Gasteiger partial charge on any atom is -0.337 e. The smallest absolute Gasteiger partial charge is 0.337 e. The lowest BCUT2D eigenvalue weighted by Gasteiger charge is -2.21. The van der Waals surface area contributed by atoms with E-state index in [9.17, 15) is 18.0 Å². The van der Waals surface area contributed by atoms with Crippen molar-refractivity contribution in [2.45, 2.75) is 31.4 Å². The number of amides is 1. The van der Waals surface area contributed by atoms with E-state index in [1.807, 2.05) is 11.6 Å². The van der Waals surface area contributed by atoms with Gasteiger partial charge in [0, 0.05) is 25.0 Å². The fourth-order valence-electron chi connectivity index (χ4n) is 3.59. The molecule has 9 heteroatoms. The Kier molecular flexibility index (Phi) is 4.44. The number of aryl methyl sites for hydroxylation is 1. The van der Waals surface area contributed by atoms with Gasteiger partial charge in [0.2, 0.25) is 5.91 Å². The van der Waals surface area contributed by atoms with Crippen molar-refractivity contribution >= 4 is 11.7 Å². The topological polar surface area (TPSA) is 64.7 Å². The molecule has 0 bridgehead atoms. The minimum atomic E-state index is -4.50. The molecule has 0 saturated carbocycles. The zero-order valence-corrected chi connectivity index (χ0v) is 15.1. The van der Waals surface area contributed by atoms with Gasteiger partial charge in [0.15, 0.2) is 5.82 Å². The summed E-state index contributed by atoms with van der Waals surface area (Å²) in [5.41, 5.74) is 0.908. The van der Waals surface area contributed by atoms with Gasteiger partial charge < -0.3 is 9.88 Å². The van der Waals surface area contributed by atoms with Crippen LogP contribution in [0.5, 0.6) is 0 Å². The number of carbonyl (C=O) groups is 1. The third-order valence-electron chi connectivity index (χ3n) is 4.94. The van der Waals surface area contributed by atoms with Crippen molar-refractivity contribution in [2.75, 3.05) is 5.32 Å². The van der Waals surface area contributed by atoms with E-state index in [2.05, 4.69) is 15.4 Å². The summed E-state index contributed by atoms with van der Waals surface area (Å²) in [6.07, 6.45) is 1.01. The number of anilines is 1. The highest BCUT2D eigenvalue weighted by molar-refractivity contribution is 5.95. The Morgan fingerprint density at radius 3 is 2.82 bits per heavy atom. The van der Waals surface area contributed by atoms with Gasteiger partial charge in [0.1, 0.15) is 0 Å². The molecule has 1 amide bonds. The molecule has 2 heterocycles. The monoisotopic (exact) mass is 389 g/mol. The third-order valence-corrected chi connectivity index (χ3v) is 4.94. The van der Waals surface area contributed by atoms with Crippen molar-refractivity contribution in [3.63, 3.8) is 0 Å². The van der Waals surface area contributed by atoms with E-state index in [0.29, 0.717) is 6.42 Å². The molecule has 0 spiro atoms. The first-order valence-corrected chi connectivity index (χ1v) is 8.88. The van der Waals surface area contributed by atoms with Crippen molar-refractivity contribution in [3.8, 4) is 5.69 Å². The molecule has 1 N–H and O–H groups in total. The van der Waals surface area contributed by atoms with Crippen LogP contribution in [0.4, 0.5) is 19.0 Å². The number of carbonyl (C=O) groups excluding carboxylic acids is 1. The predicted molar refractivity (Wildman–Crippen MR) is 96.1 cm³/mol. The summed E-state index contributed by atoms with van der Waals surface area (Å²) in [7, 11) is 1.89. The van der Waals surface area contributed by atoms with Crippen LogP contribution in [-0.4, -0.2) is 25.2 Å². The second kappa shape index (κ2) is 6.81. The van der Waals surface area contributed by atoms with Crippen LogP contribution in [0, 0.1) is 0 Å². The van der Waals surface area contributed by atoms with Gasteiger partial charge in [-0.05, 0) is 31.4 Å². The van der Waals surface area contributed by atoms with Gasteiger partial charge in [0.05, 0.1) is 29.2 Å². The quantitative estimate of drug-likeness (QED) is 0.743. The molecule has 1 unspecified atom stereocenters. The van der Waals surface area contributed by atoms with E-state index in [1.54, 1.807) is 6.33 Å². The summed E-state index contributed by atoms with van der Waals surface area (Å²) in [6.45, 7) is 0.